The van der Waals surface area contributed by atoms with E-state index < -0.39 is 0 Å². The number of hydrogen-bond acceptors (Lipinski definition) is 1. The van der Waals surface area contributed by atoms with Gasteiger partial charge in [0, 0.05) is 12.3 Å². The maximum Gasteiger partial charge on any atom is 0.136 e. The molecule has 0 N–H and O–H groups in total. The Kier molecular flexibility index (Phi) is 2.86. The number of carbonyl (C=O) groups excluding carboxylic acids is 1. The van der Waals surface area contributed by atoms with Gasteiger partial charge in [0.25, 0.3) is 0 Å². The van der Waals surface area contributed by atoms with E-state index in [-0.39, 0.29) is 0 Å². The van der Waals surface area contributed by atoms with Gasteiger partial charge in [0.2, 0.25) is 0 Å². The molecule has 0 bridgehead atoms. The van der Waals surface area contributed by atoms with E-state index in [1.807, 2.05) is 6.08 Å². The van der Waals surface area contributed by atoms with E-state index in [9.17, 15) is 4.79 Å². The lowest BCUT2D eigenvalue weighted by atomic mass is 9.90. The van der Waals surface area contributed by atoms with Crippen LogP contribution in [0, 0.1) is 11.8 Å². The Morgan fingerprint density at radius 3 is 3.00 bits per heavy atom. The summed E-state index contributed by atoms with van der Waals surface area (Å²) in [6.07, 6.45) is 5.81. The number of ketones is 1. The Hall–Kier alpha value is -0.590. The summed E-state index contributed by atoms with van der Waals surface area (Å²) in [6.45, 7) is 5.84. The molecule has 0 saturated heterocycles. The van der Waals surface area contributed by atoms with Crippen molar-refractivity contribution in [2.45, 2.75) is 32.6 Å². The Labute approximate surface area is 68.5 Å². The summed E-state index contributed by atoms with van der Waals surface area (Å²) in [4.78, 5) is 11.3. The van der Waals surface area contributed by atoms with Gasteiger partial charge in [0.15, 0.2) is 0 Å². The van der Waals surface area contributed by atoms with Gasteiger partial charge in [-0.05, 0) is 18.8 Å². The number of allylic oxidation sites excluding steroid dienone is 1. The number of rotatable bonds is 3. The van der Waals surface area contributed by atoms with Crippen LogP contribution in [0.25, 0.3) is 0 Å². The first kappa shape index (κ1) is 8.51. The second-order valence-corrected chi connectivity index (χ2v) is 3.30. The van der Waals surface area contributed by atoms with Crippen LogP contribution < -0.4 is 0 Å². The third kappa shape index (κ3) is 1.70. The minimum absolute atomic E-state index is 0.303. The molecular weight excluding hydrogens is 136 g/mol. The molecule has 2 unspecified atom stereocenters. The molecule has 0 amide bonds. The van der Waals surface area contributed by atoms with Gasteiger partial charge in [-0.3, -0.25) is 4.79 Å². The van der Waals surface area contributed by atoms with Crippen LogP contribution in [0.4, 0.5) is 0 Å². The standard InChI is InChI=1S/C10H16O/c1-3-5-9-8(4-2)6-7-10(9)11/h3,8-9H,1,4-7H2,2H3. The molecule has 1 rings (SSSR count). The maximum atomic E-state index is 11.3. The third-order valence-electron chi connectivity index (χ3n) is 2.69. The monoisotopic (exact) mass is 152 g/mol. The molecule has 0 aliphatic heterocycles. The molecule has 1 aliphatic rings. The van der Waals surface area contributed by atoms with E-state index in [4.69, 9.17) is 0 Å². The molecule has 62 valence electrons. The maximum absolute atomic E-state index is 11.3. The molecule has 1 fully saturated rings. The zero-order valence-corrected chi connectivity index (χ0v) is 7.18. The minimum Gasteiger partial charge on any atom is -0.299 e. The average Bonchev–Trinajstić information content (AvgIpc) is 2.34. The van der Waals surface area contributed by atoms with E-state index >= 15 is 0 Å². The smallest absolute Gasteiger partial charge is 0.136 e. The molecule has 0 radical (unpaired) electrons. The highest BCUT2D eigenvalue weighted by Gasteiger charge is 2.31. The van der Waals surface area contributed by atoms with Gasteiger partial charge in [-0.15, -0.1) is 6.58 Å². The summed E-state index contributed by atoms with van der Waals surface area (Å²) in [7, 11) is 0. The van der Waals surface area contributed by atoms with Gasteiger partial charge >= 0.3 is 0 Å². The molecule has 1 aliphatic carbocycles. The van der Waals surface area contributed by atoms with Crippen molar-refractivity contribution in [2.24, 2.45) is 11.8 Å². The molecule has 0 heterocycles. The lowest BCUT2D eigenvalue weighted by Gasteiger charge is -2.13. The summed E-state index contributed by atoms with van der Waals surface area (Å²) >= 11 is 0. The van der Waals surface area contributed by atoms with Crippen LogP contribution in [0.5, 0.6) is 0 Å². The highest BCUT2D eigenvalue weighted by molar-refractivity contribution is 5.83. The van der Waals surface area contributed by atoms with Crippen molar-refractivity contribution in [2.75, 3.05) is 0 Å². The van der Waals surface area contributed by atoms with Crippen LogP contribution in [-0.2, 0) is 4.79 Å². The molecule has 0 aromatic rings. The topological polar surface area (TPSA) is 17.1 Å². The van der Waals surface area contributed by atoms with E-state index in [0.29, 0.717) is 17.6 Å². The minimum atomic E-state index is 0.303. The first-order valence-corrected chi connectivity index (χ1v) is 4.43. The predicted molar refractivity (Wildman–Crippen MR) is 46.3 cm³/mol. The lowest BCUT2D eigenvalue weighted by molar-refractivity contribution is -0.121. The zero-order chi connectivity index (χ0) is 8.27. The van der Waals surface area contributed by atoms with E-state index in [2.05, 4.69) is 13.5 Å². The van der Waals surface area contributed by atoms with Gasteiger partial charge in [0.1, 0.15) is 5.78 Å². The largest absolute Gasteiger partial charge is 0.299 e. The average molecular weight is 152 g/mol. The van der Waals surface area contributed by atoms with Crippen molar-refractivity contribution < 1.29 is 4.79 Å². The number of Topliss-reactive ketones (excluding diaryl/α,β-unsaturated/α-hetero) is 1. The van der Waals surface area contributed by atoms with E-state index in [0.717, 1.165) is 25.7 Å². The van der Waals surface area contributed by atoms with Crippen molar-refractivity contribution in [1.82, 2.24) is 0 Å². The van der Waals surface area contributed by atoms with Gasteiger partial charge in [-0.2, -0.15) is 0 Å². The Bertz CT molecular complexity index is 160. The van der Waals surface area contributed by atoms with Crippen LogP contribution in [0.3, 0.4) is 0 Å². The fraction of sp³-hybridized carbons (Fsp3) is 0.700. The number of hydrogen-bond donors (Lipinski definition) is 0. The summed E-state index contributed by atoms with van der Waals surface area (Å²) in [5, 5.41) is 0. The molecule has 1 heteroatoms. The lowest BCUT2D eigenvalue weighted by Crippen LogP contribution is -2.12. The summed E-state index contributed by atoms with van der Waals surface area (Å²) < 4.78 is 0. The van der Waals surface area contributed by atoms with Crippen LogP contribution in [0.15, 0.2) is 12.7 Å². The second-order valence-electron chi connectivity index (χ2n) is 3.30. The van der Waals surface area contributed by atoms with E-state index in [1.165, 1.54) is 0 Å². The van der Waals surface area contributed by atoms with E-state index in [1.54, 1.807) is 0 Å². The second kappa shape index (κ2) is 3.70. The fourth-order valence-electron chi connectivity index (χ4n) is 1.97. The summed E-state index contributed by atoms with van der Waals surface area (Å²) in [5.41, 5.74) is 0. The normalized spacial score (nSPS) is 30.8. The van der Waals surface area contributed by atoms with Crippen LogP contribution in [-0.4, -0.2) is 5.78 Å². The molecule has 0 aromatic carbocycles. The van der Waals surface area contributed by atoms with Gasteiger partial charge in [-0.1, -0.05) is 19.4 Å². The molecule has 0 aromatic heterocycles. The first-order chi connectivity index (χ1) is 5.29. The fourth-order valence-corrected chi connectivity index (χ4v) is 1.97. The van der Waals surface area contributed by atoms with Crippen molar-refractivity contribution in [1.29, 1.82) is 0 Å². The highest BCUT2D eigenvalue weighted by atomic mass is 16.1. The van der Waals surface area contributed by atoms with Crippen LogP contribution >= 0.6 is 0 Å². The molecule has 0 spiro atoms. The van der Waals surface area contributed by atoms with Gasteiger partial charge in [-0.25, -0.2) is 0 Å². The predicted octanol–water partition coefficient (Wildman–Crippen LogP) is 2.57. The zero-order valence-electron chi connectivity index (χ0n) is 7.18. The Morgan fingerprint density at radius 1 is 1.73 bits per heavy atom. The Morgan fingerprint density at radius 2 is 2.45 bits per heavy atom. The Balaban J connectivity index is 2.55. The molecule has 2 atom stereocenters. The summed E-state index contributed by atoms with van der Waals surface area (Å²) in [5.74, 6) is 1.40. The number of carbonyl (C=O) groups is 1. The quantitative estimate of drug-likeness (QED) is 0.568. The van der Waals surface area contributed by atoms with Gasteiger partial charge in [0.05, 0.1) is 0 Å². The molecule has 11 heavy (non-hydrogen) atoms. The summed E-state index contributed by atoms with van der Waals surface area (Å²) in [6, 6.07) is 0. The first-order valence-electron chi connectivity index (χ1n) is 4.43. The van der Waals surface area contributed by atoms with Crippen molar-refractivity contribution >= 4 is 5.78 Å². The van der Waals surface area contributed by atoms with Crippen molar-refractivity contribution in [3.63, 3.8) is 0 Å². The van der Waals surface area contributed by atoms with Crippen LogP contribution in [0.2, 0.25) is 0 Å². The van der Waals surface area contributed by atoms with Gasteiger partial charge < -0.3 is 0 Å². The molecule has 1 saturated carbocycles. The van der Waals surface area contributed by atoms with Crippen LogP contribution in [0.1, 0.15) is 32.6 Å². The third-order valence-corrected chi connectivity index (χ3v) is 2.69. The highest BCUT2D eigenvalue weighted by Crippen LogP contribution is 2.33. The van der Waals surface area contributed by atoms with Crippen molar-refractivity contribution in [3.05, 3.63) is 12.7 Å². The molecular formula is C10H16O. The molecule has 1 nitrogen and oxygen atoms in total. The van der Waals surface area contributed by atoms with Crippen molar-refractivity contribution in [3.8, 4) is 0 Å². The SMILES string of the molecule is C=CCC1C(=O)CCC1CC.